The zero-order valence-electron chi connectivity index (χ0n) is 10.2. The lowest BCUT2D eigenvalue weighted by atomic mass is 10.1. The van der Waals surface area contributed by atoms with Crippen molar-refractivity contribution in [2.24, 2.45) is 0 Å². The second-order valence-corrected chi connectivity index (χ2v) is 5.39. The summed E-state index contributed by atoms with van der Waals surface area (Å²) in [5, 5.41) is 13.2. The Hall–Kier alpha value is -1.88. The Balaban J connectivity index is 2.16. The number of nitrogens with one attached hydrogen (secondary N) is 1. The van der Waals surface area contributed by atoms with Crippen LogP contribution in [-0.2, 0) is 6.54 Å². The van der Waals surface area contributed by atoms with Gasteiger partial charge in [-0.1, -0.05) is 11.6 Å². The predicted octanol–water partition coefficient (Wildman–Crippen LogP) is 3.07. The van der Waals surface area contributed by atoms with Gasteiger partial charge in [0.1, 0.15) is 5.01 Å². The van der Waals surface area contributed by atoms with Gasteiger partial charge in [-0.15, -0.1) is 11.3 Å². The number of aromatic nitrogens is 1. The van der Waals surface area contributed by atoms with E-state index in [9.17, 15) is 4.79 Å². The fourth-order valence-corrected chi connectivity index (χ4v) is 2.37. The van der Waals surface area contributed by atoms with Gasteiger partial charge in [0.15, 0.2) is 0 Å². The van der Waals surface area contributed by atoms with E-state index in [4.69, 9.17) is 5.11 Å². The van der Waals surface area contributed by atoms with Crippen LogP contribution in [0.15, 0.2) is 24.4 Å². The first-order valence-corrected chi connectivity index (χ1v) is 6.37. The standard InChI is InChI=1S/C13H14N2O2S/c1-8-3-4-11(10(5-8)13(16)17)14-7-12-15-6-9(2)18-12/h3-6,14H,7H2,1-2H3,(H,16,17). The minimum absolute atomic E-state index is 0.295. The molecule has 2 N–H and O–H groups in total. The van der Waals surface area contributed by atoms with E-state index in [1.807, 2.05) is 26.1 Å². The SMILES string of the molecule is Cc1ccc(NCc2ncc(C)s2)c(C(=O)O)c1. The van der Waals surface area contributed by atoms with Crippen molar-refractivity contribution in [2.75, 3.05) is 5.32 Å². The molecular formula is C13H14N2O2S. The molecule has 1 aromatic heterocycles. The summed E-state index contributed by atoms with van der Waals surface area (Å²) in [4.78, 5) is 16.5. The average Bonchev–Trinajstić information content (AvgIpc) is 2.73. The molecule has 94 valence electrons. The molecule has 5 heteroatoms. The van der Waals surface area contributed by atoms with Crippen molar-refractivity contribution < 1.29 is 9.90 Å². The summed E-state index contributed by atoms with van der Waals surface area (Å²) in [6, 6.07) is 5.35. The Labute approximate surface area is 109 Å². The van der Waals surface area contributed by atoms with Crippen molar-refractivity contribution in [3.05, 3.63) is 45.4 Å². The maximum atomic E-state index is 11.1. The number of aromatic carboxylic acids is 1. The number of hydrogen-bond acceptors (Lipinski definition) is 4. The number of aryl methyl sites for hydroxylation is 2. The topological polar surface area (TPSA) is 62.2 Å². The first-order chi connectivity index (χ1) is 8.56. The third-order valence-electron chi connectivity index (χ3n) is 2.50. The van der Waals surface area contributed by atoms with Gasteiger partial charge < -0.3 is 10.4 Å². The van der Waals surface area contributed by atoms with Gasteiger partial charge in [0.05, 0.1) is 12.1 Å². The van der Waals surface area contributed by atoms with Crippen molar-refractivity contribution in [3.63, 3.8) is 0 Å². The molecule has 0 spiro atoms. The number of carbonyl (C=O) groups is 1. The first-order valence-electron chi connectivity index (χ1n) is 5.55. The van der Waals surface area contributed by atoms with Crippen molar-refractivity contribution in [1.82, 2.24) is 4.98 Å². The molecule has 0 radical (unpaired) electrons. The number of carboxylic acids is 1. The van der Waals surface area contributed by atoms with Crippen LogP contribution < -0.4 is 5.32 Å². The Morgan fingerprint density at radius 2 is 2.22 bits per heavy atom. The quantitative estimate of drug-likeness (QED) is 0.889. The number of nitrogens with zero attached hydrogens (tertiary/aromatic N) is 1. The smallest absolute Gasteiger partial charge is 0.337 e. The second-order valence-electron chi connectivity index (χ2n) is 4.07. The van der Waals surface area contributed by atoms with Crippen LogP contribution in [0.25, 0.3) is 0 Å². The van der Waals surface area contributed by atoms with E-state index < -0.39 is 5.97 Å². The van der Waals surface area contributed by atoms with E-state index >= 15 is 0 Å². The molecule has 0 saturated carbocycles. The van der Waals surface area contributed by atoms with Crippen LogP contribution in [-0.4, -0.2) is 16.1 Å². The molecule has 0 atom stereocenters. The molecular weight excluding hydrogens is 248 g/mol. The van der Waals surface area contributed by atoms with Crippen LogP contribution in [0.1, 0.15) is 25.8 Å². The van der Waals surface area contributed by atoms with E-state index in [1.54, 1.807) is 23.5 Å². The highest BCUT2D eigenvalue weighted by Gasteiger charge is 2.10. The van der Waals surface area contributed by atoms with Crippen LogP contribution in [0.4, 0.5) is 5.69 Å². The summed E-state index contributed by atoms with van der Waals surface area (Å²) < 4.78 is 0. The molecule has 1 heterocycles. The molecule has 0 saturated heterocycles. The Kier molecular flexibility index (Phi) is 3.62. The zero-order valence-corrected chi connectivity index (χ0v) is 11.0. The normalized spacial score (nSPS) is 10.3. The lowest BCUT2D eigenvalue weighted by Gasteiger charge is -2.08. The fourth-order valence-electron chi connectivity index (χ4n) is 1.64. The molecule has 0 fully saturated rings. The summed E-state index contributed by atoms with van der Waals surface area (Å²) in [6.45, 7) is 4.41. The lowest BCUT2D eigenvalue weighted by Crippen LogP contribution is -2.06. The molecule has 0 aliphatic rings. The molecule has 0 unspecified atom stereocenters. The summed E-state index contributed by atoms with van der Waals surface area (Å²) in [6.07, 6.45) is 1.81. The van der Waals surface area contributed by atoms with Crippen molar-refractivity contribution >= 4 is 23.0 Å². The molecule has 18 heavy (non-hydrogen) atoms. The number of rotatable bonds is 4. The maximum Gasteiger partial charge on any atom is 0.337 e. The zero-order chi connectivity index (χ0) is 13.1. The molecule has 0 bridgehead atoms. The predicted molar refractivity (Wildman–Crippen MR) is 72.3 cm³/mol. The number of carboxylic acid groups (broad SMARTS) is 1. The number of hydrogen-bond donors (Lipinski definition) is 2. The summed E-state index contributed by atoms with van der Waals surface area (Å²) >= 11 is 1.60. The molecule has 0 aliphatic carbocycles. The summed E-state index contributed by atoms with van der Waals surface area (Å²) in [5.41, 5.74) is 1.85. The number of benzene rings is 1. The lowest BCUT2D eigenvalue weighted by molar-refractivity contribution is 0.0698. The molecule has 2 aromatic rings. The highest BCUT2D eigenvalue weighted by Crippen LogP contribution is 2.19. The van der Waals surface area contributed by atoms with Crippen LogP contribution in [0.5, 0.6) is 0 Å². The van der Waals surface area contributed by atoms with Gasteiger partial charge in [0.2, 0.25) is 0 Å². The minimum Gasteiger partial charge on any atom is -0.478 e. The van der Waals surface area contributed by atoms with Crippen LogP contribution in [0.3, 0.4) is 0 Å². The summed E-state index contributed by atoms with van der Waals surface area (Å²) in [7, 11) is 0. The van der Waals surface area contributed by atoms with Crippen molar-refractivity contribution in [3.8, 4) is 0 Å². The van der Waals surface area contributed by atoms with Gasteiger partial charge in [-0.05, 0) is 26.0 Å². The van der Waals surface area contributed by atoms with E-state index in [-0.39, 0.29) is 0 Å². The van der Waals surface area contributed by atoms with E-state index in [2.05, 4.69) is 10.3 Å². The summed E-state index contributed by atoms with van der Waals surface area (Å²) in [5.74, 6) is -0.920. The molecule has 4 nitrogen and oxygen atoms in total. The molecule has 0 aliphatic heterocycles. The second kappa shape index (κ2) is 5.18. The van der Waals surface area contributed by atoms with E-state index in [0.29, 0.717) is 17.8 Å². The Morgan fingerprint density at radius 1 is 1.44 bits per heavy atom. The number of anilines is 1. The van der Waals surface area contributed by atoms with E-state index in [0.717, 1.165) is 15.4 Å². The molecule has 0 amide bonds. The largest absolute Gasteiger partial charge is 0.478 e. The molecule has 1 aromatic carbocycles. The third-order valence-corrected chi connectivity index (χ3v) is 3.42. The Morgan fingerprint density at radius 3 is 2.83 bits per heavy atom. The van der Waals surface area contributed by atoms with Crippen LogP contribution in [0.2, 0.25) is 0 Å². The van der Waals surface area contributed by atoms with Gasteiger partial charge in [0.25, 0.3) is 0 Å². The molecule has 2 rings (SSSR count). The number of thiazole rings is 1. The average molecular weight is 262 g/mol. The highest BCUT2D eigenvalue weighted by atomic mass is 32.1. The Bertz CT molecular complexity index is 578. The van der Waals surface area contributed by atoms with E-state index in [1.165, 1.54) is 0 Å². The third kappa shape index (κ3) is 2.87. The van der Waals surface area contributed by atoms with Gasteiger partial charge in [-0.25, -0.2) is 9.78 Å². The van der Waals surface area contributed by atoms with Crippen molar-refractivity contribution in [2.45, 2.75) is 20.4 Å². The monoisotopic (exact) mass is 262 g/mol. The minimum atomic E-state index is -0.920. The van der Waals surface area contributed by atoms with Gasteiger partial charge in [-0.3, -0.25) is 0 Å². The first kappa shape index (κ1) is 12.6. The fraction of sp³-hybridized carbons (Fsp3) is 0.231. The van der Waals surface area contributed by atoms with Crippen LogP contribution >= 0.6 is 11.3 Å². The van der Waals surface area contributed by atoms with Gasteiger partial charge in [-0.2, -0.15) is 0 Å². The van der Waals surface area contributed by atoms with Gasteiger partial charge in [0, 0.05) is 16.8 Å². The van der Waals surface area contributed by atoms with Gasteiger partial charge >= 0.3 is 5.97 Å². The van der Waals surface area contributed by atoms with Crippen LogP contribution in [0, 0.1) is 13.8 Å². The highest BCUT2D eigenvalue weighted by molar-refractivity contribution is 7.11. The van der Waals surface area contributed by atoms with Crippen molar-refractivity contribution in [1.29, 1.82) is 0 Å². The maximum absolute atomic E-state index is 11.1.